The zero-order valence-corrected chi connectivity index (χ0v) is 12.6. The number of phenolic OH excluding ortho intramolecular Hbond substituents is 1. The Labute approximate surface area is 129 Å². The zero-order chi connectivity index (χ0) is 16.1. The summed E-state index contributed by atoms with van der Waals surface area (Å²) in [7, 11) is 0. The lowest BCUT2D eigenvalue weighted by Crippen LogP contribution is -2.36. The third-order valence-corrected chi connectivity index (χ3v) is 3.52. The van der Waals surface area contributed by atoms with Gasteiger partial charge in [0, 0.05) is 12.2 Å². The Balaban J connectivity index is 2.12. The van der Waals surface area contributed by atoms with Crippen LogP contribution in [-0.4, -0.2) is 22.6 Å². The van der Waals surface area contributed by atoms with Crippen LogP contribution in [0, 0.1) is 5.82 Å². The number of carbonyl (C=O) groups is 1. The fourth-order valence-electron chi connectivity index (χ4n) is 2.29. The Morgan fingerprint density at radius 2 is 1.95 bits per heavy atom. The summed E-state index contributed by atoms with van der Waals surface area (Å²) < 4.78 is 12.9. The number of nitrogens with zero attached hydrogens (tertiary/aromatic N) is 1. The average Bonchev–Trinajstić information content (AvgIpc) is 2.50. The second-order valence-corrected chi connectivity index (χ2v) is 4.99. The summed E-state index contributed by atoms with van der Waals surface area (Å²) in [5.41, 5.74) is 1.38. The topological polar surface area (TPSA) is 52.6 Å². The molecule has 0 aromatic heterocycles. The summed E-state index contributed by atoms with van der Waals surface area (Å²) in [5.74, 6) is -0.183. The van der Waals surface area contributed by atoms with Crippen molar-refractivity contribution in [2.75, 3.05) is 11.9 Å². The number of rotatable bonds is 4. The van der Waals surface area contributed by atoms with Crippen molar-refractivity contribution >= 4 is 11.7 Å². The second-order valence-electron chi connectivity index (χ2n) is 4.99. The van der Waals surface area contributed by atoms with Crippen LogP contribution in [-0.2, 0) is 0 Å². The van der Waals surface area contributed by atoms with Gasteiger partial charge in [-0.1, -0.05) is 12.1 Å². The van der Waals surface area contributed by atoms with Crippen molar-refractivity contribution in [1.82, 2.24) is 4.90 Å². The first kappa shape index (κ1) is 15.8. The first-order valence-corrected chi connectivity index (χ1v) is 7.13. The molecular weight excluding hydrogens is 283 g/mol. The Hall–Kier alpha value is -2.56. The maximum absolute atomic E-state index is 12.9. The number of benzene rings is 2. The van der Waals surface area contributed by atoms with Crippen LogP contribution in [0.5, 0.6) is 5.75 Å². The van der Waals surface area contributed by atoms with E-state index in [9.17, 15) is 14.3 Å². The molecule has 0 saturated heterocycles. The van der Waals surface area contributed by atoms with E-state index in [4.69, 9.17) is 0 Å². The molecular formula is C17H19FN2O2. The number of nitrogens with one attached hydrogen (secondary N) is 1. The van der Waals surface area contributed by atoms with Gasteiger partial charge >= 0.3 is 6.03 Å². The first-order chi connectivity index (χ1) is 10.5. The largest absolute Gasteiger partial charge is 0.508 e. The minimum atomic E-state index is -0.349. The van der Waals surface area contributed by atoms with E-state index in [0.717, 1.165) is 5.56 Å². The Bertz CT molecular complexity index is 643. The number of anilines is 1. The predicted molar refractivity (Wildman–Crippen MR) is 84.3 cm³/mol. The van der Waals surface area contributed by atoms with Gasteiger partial charge in [-0.25, -0.2) is 9.18 Å². The molecule has 2 amide bonds. The highest BCUT2D eigenvalue weighted by Gasteiger charge is 2.20. The van der Waals surface area contributed by atoms with E-state index in [1.165, 1.54) is 24.3 Å². The van der Waals surface area contributed by atoms with Gasteiger partial charge in [0.15, 0.2) is 0 Å². The lowest BCUT2D eigenvalue weighted by atomic mass is 10.1. The molecule has 116 valence electrons. The highest BCUT2D eigenvalue weighted by atomic mass is 19.1. The van der Waals surface area contributed by atoms with Gasteiger partial charge in [-0.2, -0.15) is 0 Å². The molecule has 1 unspecified atom stereocenters. The normalized spacial score (nSPS) is 11.8. The standard InChI is InChI=1S/C17H19FN2O2/c1-3-20(12(2)13-5-4-6-16(21)11-13)17(22)19-15-9-7-14(18)8-10-15/h4-12,21H,3H2,1-2H3,(H,19,22). The fraction of sp³-hybridized carbons (Fsp3) is 0.235. The minimum absolute atomic E-state index is 0.166. The van der Waals surface area contributed by atoms with Gasteiger partial charge in [-0.15, -0.1) is 0 Å². The maximum atomic E-state index is 12.9. The molecule has 0 aliphatic heterocycles. The lowest BCUT2D eigenvalue weighted by Gasteiger charge is -2.28. The van der Waals surface area contributed by atoms with E-state index in [-0.39, 0.29) is 23.6 Å². The Kier molecular flexibility index (Phi) is 4.99. The number of hydrogen-bond acceptors (Lipinski definition) is 2. The zero-order valence-electron chi connectivity index (χ0n) is 12.6. The lowest BCUT2D eigenvalue weighted by molar-refractivity contribution is 0.197. The molecule has 2 N–H and O–H groups in total. The van der Waals surface area contributed by atoms with E-state index < -0.39 is 0 Å². The van der Waals surface area contributed by atoms with Gasteiger partial charge < -0.3 is 15.3 Å². The number of phenols is 1. The van der Waals surface area contributed by atoms with Crippen LogP contribution in [0.2, 0.25) is 0 Å². The van der Waals surface area contributed by atoms with Gasteiger partial charge in [0.1, 0.15) is 11.6 Å². The molecule has 2 aromatic rings. The van der Waals surface area contributed by atoms with Crippen molar-refractivity contribution in [1.29, 1.82) is 0 Å². The van der Waals surface area contributed by atoms with Crippen LogP contribution in [0.25, 0.3) is 0 Å². The van der Waals surface area contributed by atoms with Crippen LogP contribution >= 0.6 is 0 Å². The maximum Gasteiger partial charge on any atom is 0.322 e. The van der Waals surface area contributed by atoms with Crippen LogP contribution < -0.4 is 5.32 Å². The third-order valence-electron chi connectivity index (χ3n) is 3.52. The summed E-state index contributed by atoms with van der Waals surface area (Å²) in [6.07, 6.45) is 0. The summed E-state index contributed by atoms with van der Waals surface area (Å²) in [6, 6.07) is 12.0. The second kappa shape index (κ2) is 6.93. The number of carbonyl (C=O) groups excluding carboxylic acids is 1. The first-order valence-electron chi connectivity index (χ1n) is 7.13. The summed E-state index contributed by atoms with van der Waals surface area (Å²) >= 11 is 0. The predicted octanol–water partition coefficient (Wildman–Crippen LogP) is 4.15. The monoisotopic (exact) mass is 302 g/mol. The van der Waals surface area contributed by atoms with E-state index in [1.807, 2.05) is 19.9 Å². The van der Waals surface area contributed by atoms with Crippen LogP contribution in [0.15, 0.2) is 48.5 Å². The van der Waals surface area contributed by atoms with Crippen LogP contribution in [0.1, 0.15) is 25.5 Å². The van der Waals surface area contributed by atoms with Gasteiger partial charge in [0.05, 0.1) is 6.04 Å². The molecule has 0 aliphatic carbocycles. The molecule has 0 aliphatic rings. The summed E-state index contributed by atoms with van der Waals surface area (Å²) in [4.78, 5) is 14.0. The molecule has 22 heavy (non-hydrogen) atoms. The molecule has 0 radical (unpaired) electrons. The van der Waals surface area contributed by atoms with Crippen molar-refractivity contribution in [3.63, 3.8) is 0 Å². The Morgan fingerprint density at radius 1 is 1.27 bits per heavy atom. The number of aromatic hydroxyl groups is 1. The van der Waals surface area contributed by atoms with Gasteiger partial charge in [0.2, 0.25) is 0 Å². The molecule has 1 atom stereocenters. The molecule has 0 spiro atoms. The van der Waals surface area contributed by atoms with Crippen molar-refractivity contribution in [2.24, 2.45) is 0 Å². The summed E-state index contributed by atoms with van der Waals surface area (Å²) in [5, 5.41) is 12.3. The number of amides is 2. The van der Waals surface area contributed by atoms with Gasteiger partial charge in [-0.05, 0) is 55.8 Å². The number of hydrogen-bond donors (Lipinski definition) is 2. The van der Waals surface area contributed by atoms with Crippen LogP contribution in [0.3, 0.4) is 0 Å². The van der Waals surface area contributed by atoms with Crippen molar-refractivity contribution in [3.8, 4) is 5.75 Å². The van der Waals surface area contributed by atoms with Gasteiger partial charge in [-0.3, -0.25) is 0 Å². The summed E-state index contributed by atoms with van der Waals surface area (Å²) in [6.45, 7) is 4.27. The van der Waals surface area contributed by atoms with E-state index in [1.54, 1.807) is 23.1 Å². The van der Waals surface area contributed by atoms with Crippen LogP contribution in [0.4, 0.5) is 14.9 Å². The van der Waals surface area contributed by atoms with Gasteiger partial charge in [0.25, 0.3) is 0 Å². The quantitative estimate of drug-likeness (QED) is 0.891. The molecule has 2 rings (SSSR count). The van der Waals surface area contributed by atoms with Crippen molar-refractivity contribution in [3.05, 3.63) is 59.9 Å². The highest BCUT2D eigenvalue weighted by Crippen LogP contribution is 2.24. The average molecular weight is 302 g/mol. The highest BCUT2D eigenvalue weighted by molar-refractivity contribution is 5.89. The smallest absolute Gasteiger partial charge is 0.322 e. The minimum Gasteiger partial charge on any atom is -0.508 e. The molecule has 0 saturated carbocycles. The SMILES string of the molecule is CCN(C(=O)Nc1ccc(F)cc1)C(C)c1cccc(O)c1. The third kappa shape index (κ3) is 3.75. The Morgan fingerprint density at radius 3 is 2.55 bits per heavy atom. The van der Waals surface area contributed by atoms with E-state index >= 15 is 0 Å². The molecule has 2 aromatic carbocycles. The molecule has 0 heterocycles. The number of halogens is 1. The van der Waals surface area contributed by atoms with Crippen molar-refractivity contribution in [2.45, 2.75) is 19.9 Å². The van der Waals surface area contributed by atoms with E-state index in [2.05, 4.69) is 5.32 Å². The number of urea groups is 1. The molecule has 0 bridgehead atoms. The molecule has 4 nitrogen and oxygen atoms in total. The molecule has 0 fully saturated rings. The molecule has 5 heteroatoms. The van der Waals surface area contributed by atoms with E-state index in [0.29, 0.717) is 12.2 Å². The van der Waals surface area contributed by atoms with Crippen molar-refractivity contribution < 1.29 is 14.3 Å². The fourth-order valence-corrected chi connectivity index (χ4v) is 2.29.